The van der Waals surface area contributed by atoms with Crippen LogP contribution in [0.3, 0.4) is 0 Å². The van der Waals surface area contributed by atoms with Crippen LogP contribution in [0.15, 0.2) is 27.9 Å². The summed E-state index contributed by atoms with van der Waals surface area (Å²) in [5.74, 6) is 1.56. The Bertz CT molecular complexity index is 500. The quantitative estimate of drug-likeness (QED) is 0.465. The molecule has 17 heavy (non-hydrogen) atoms. The van der Waals surface area contributed by atoms with E-state index >= 15 is 0 Å². The van der Waals surface area contributed by atoms with Crippen molar-refractivity contribution in [1.82, 2.24) is 0 Å². The highest BCUT2D eigenvalue weighted by Gasteiger charge is 2.46. The summed E-state index contributed by atoms with van der Waals surface area (Å²) in [5, 5.41) is 0. The molecular formula is C15H16I2. The first-order valence-electron chi connectivity index (χ1n) is 6.14. The van der Waals surface area contributed by atoms with Gasteiger partial charge in [-0.15, -0.1) is 0 Å². The lowest BCUT2D eigenvalue weighted by atomic mass is 9.72. The molecule has 1 aromatic rings. The summed E-state index contributed by atoms with van der Waals surface area (Å²) >= 11 is 4.95. The number of allylic oxidation sites excluding steroid dienone is 2. The number of hydrogen-bond acceptors (Lipinski definition) is 0. The molecule has 0 fully saturated rings. The third-order valence-corrected chi connectivity index (χ3v) is 6.08. The molecule has 0 N–H and O–H groups in total. The molecule has 0 amide bonds. The summed E-state index contributed by atoms with van der Waals surface area (Å²) in [6, 6.07) is 7.04. The minimum atomic E-state index is 0.339. The third kappa shape index (κ3) is 1.90. The minimum absolute atomic E-state index is 0.339. The molecular weight excluding hydrogens is 434 g/mol. The van der Waals surface area contributed by atoms with Crippen molar-refractivity contribution in [3.05, 3.63) is 42.6 Å². The molecule has 0 heterocycles. The van der Waals surface area contributed by atoms with Crippen LogP contribution in [-0.2, 0) is 5.41 Å². The van der Waals surface area contributed by atoms with Gasteiger partial charge in [-0.05, 0) is 102 Å². The molecule has 90 valence electrons. The SMILES string of the molecule is CC1(C)c2cc(I)ccc2[C@H]2CC=C(I)CC21. The molecule has 0 nitrogen and oxygen atoms in total. The molecule has 0 aromatic heterocycles. The Balaban J connectivity index is 2.14. The van der Waals surface area contributed by atoms with Gasteiger partial charge in [0.15, 0.2) is 0 Å². The molecule has 2 atom stereocenters. The molecule has 2 aliphatic carbocycles. The zero-order valence-corrected chi connectivity index (χ0v) is 14.4. The minimum Gasteiger partial charge on any atom is -0.0746 e. The molecule has 0 spiro atoms. The number of rotatable bonds is 0. The molecule has 0 saturated heterocycles. The highest BCUT2D eigenvalue weighted by Crippen LogP contribution is 2.56. The van der Waals surface area contributed by atoms with Crippen molar-refractivity contribution < 1.29 is 0 Å². The number of fused-ring (bicyclic) bond motifs is 3. The van der Waals surface area contributed by atoms with Crippen molar-refractivity contribution >= 4 is 45.2 Å². The molecule has 0 bridgehead atoms. The second-order valence-corrected chi connectivity index (χ2v) is 8.39. The highest BCUT2D eigenvalue weighted by atomic mass is 127. The van der Waals surface area contributed by atoms with Crippen molar-refractivity contribution in [3.63, 3.8) is 0 Å². The van der Waals surface area contributed by atoms with E-state index in [-0.39, 0.29) is 0 Å². The van der Waals surface area contributed by atoms with Crippen molar-refractivity contribution in [2.45, 2.75) is 38.0 Å². The fraction of sp³-hybridized carbons (Fsp3) is 0.467. The zero-order valence-electron chi connectivity index (χ0n) is 10.1. The van der Waals surface area contributed by atoms with Gasteiger partial charge in [0.1, 0.15) is 0 Å². The van der Waals surface area contributed by atoms with Crippen LogP contribution in [0.1, 0.15) is 43.7 Å². The summed E-state index contributed by atoms with van der Waals surface area (Å²) < 4.78 is 2.93. The van der Waals surface area contributed by atoms with Crippen LogP contribution in [0.4, 0.5) is 0 Å². The Labute approximate surface area is 131 Å². The summed E-state index contributed by atoms with van der Waals surface area (Å²) in [7, 11) is 0. The Morgan fingerprint density at radius 1 is 1.24 bits per heavy atom. The normalized spacial score (nSPS) is 29.5. The molecule has 0 aliphatic heterocycles. The Kier molecular flexibility index (Phi) is 3.09. The van der Waals surface area contributed by atoms with Crippen LogP contribution >= 0.6 is 45.2 Å². The first kappa shape index (κ1) is 12.5. The molecule has 0 saturated carbocycles. The van der Waals surface area contributed by atoms with Crippen molar-refractivity contribution in [2.24, 2.45) is 5.92 Å². The van der Waals surface area contributed by atoms with Crippen LogP contribution in [0.2, 0.25) is 0 Å². The average molecular weight is 450 g/mol. The summed E-state index contributed by atoms with van der Waals surface area (Å²) in [5.41, 5.74) is 3.55. The molecule has 1 unspecified atom stereocenters. The van der Waals surface area contributed by atoms with E-state index in [1.165, 1.54) is 16.4 Å². The maximum absolute atomic E-state index is 2.52. The third-order valence-electron chi connectivity index (χ3n) is 4.53. The van der Waals surface area contributed by atoms with Gasteiger partial charge in [-0.3, -0.25) is 0 Å². The molecule has 2 aliphatic rings. The van der Waals surface area contributed by atoms with Gasteiger partial charge in [-0.25, -0.2) is 0 Å². The smallest absolute Gasteiger partial charge is 0.0133 e. The van der Waals surface area contributed by atoms with E-state index in [0.717, 1.165) is 11.8 Å². The summed E-state index contributed by atoms with van der Waals surface area (Å²) in [4.78, 5) is 0. The lowest BCUT2D eigenvalue weighted by molar-refractivity contribution is 0.296. The maximum atomic E-state index is 2.52. The monoisotopic (exact) mass is 450 g/mol. The van der Waals surface area contributed by atoms with Gasteiger partial charge in [0.05, 0.1) is 0 Å². The summed E-state index contributed by atoms with van der Waals surface area (Å²) in [6.07, 6.45) is 4.94. The fourth-order valence-corrected chi connectivity index (χ4v) is 4.79. The summed E-state index contributed by atoms with van der Waals surface area (Å²) in [6.45, 7) is 4.86. The topological polar surface area (TPSA) is 0 Å². The molecule has 2 heteroatoms. The largest absolute Gasteiger partial charge is 0.0746 e. The van der Waals surface area contributed by atoms with Crippen LogP contribution in [0.5, 0.6) is 0 Å². The molecule has 3 rings (SSSR count). The first-order valence-corrected chi connectivity index (χ1v) is 8.30. The standard InChI is InChI=1S/C15H16I2/c1-15(2)13-7-9(16)3-5-11(13)12-6-4-10(17)8-14(12)15/h3-5,7,12,14H,6,8H2,1-2H3/t12-,14?/m1/s1. The number of hydrogen-bond donors (Lipinski definition) is 0. The lowest BCUT2D eigenvalue weighted by Crippen LogP contribution is -2.27. The van der Waals surface area contributed by atoms with Gasteiger partial charge < -0.3 is 0 Å². The Hall–Kier alpha value is 0.420. The van der Waals surface area contributed by atoms with Gasteiger partial charge in [-0.1, -0.05) is 26.0 Å². The maximum Gasteiger partial charge on any atom is 0.0133 e. The lowest BCUT2D eigenvalue weighted by Gasteiger charge is -2.33. The average Bonchev–Trinajstić information content (AvgIpc) is 2.49. The Morgan fingerprint density at radius 3 is 2.76 bits per heavy atom. The van der Waals surface area contributed by atoms with Crippen LogP contribution < -0.4 is 0 Å². The van der Waals surface area contributed by atoms with Gasteiger partial charge in [0.25, 0.3) is 0 Å². The van der Waals surface area contributed by atoms with Crippen molar-refractivity contribution in [1.29, 1.82) is 0 Å². The number of benzene rings is 1. The van der Waals surface area contributed by atoms with Gasteiger partial charge >= 0.3 is 0 Å². The second-order valence-electron chi connectivity index (χ2n) is 5.76. The fourth-order valence-electron chi connectivity index (χ4n) is 3.57. The van der Waals surface area contributed by atoms with E-state index in [1.807, 2.05) is 0 Å². The van der Waals surface area contributed by atoms with Gasteiger partial charge in [0, 0.05) is 3.57 Å². The Morgan fingerprint density at radius 2 is 2.00 bits per heavy atom. The van der Waals surface area contributed by atoms with Gasteiger partial charge in [0.2, 0.25) is 0 Å². The van der Waals surface area contributed by atoms with Crippen molar-refractivity contribution in [3.8, 4) is 0 Å². The van der Waals surface area contributed by atoms with Crippen LogP contribution in [-0.4, -0.2) is 0 Å². The predicted molar refractivity (Wildman–Crippen MR) is 89.8 cm³/mol. The predicted octanol–water partition coefficient (Wildman–Crippen LogP) is 5.39. The van der Waals surface area contributed by atoms with E-state index in [2.05, 4.69) is 83.3 Å². The molecule has 1 aromatic carbocycles. The van der Waals surface area contributed by atoms with Gasteiger partial charge in [-0.2, -0.15) is 0 Å². The molecule has 0 radical (unpaired) electrons. The van der Waals surface area contributed by atoms with E-state index in [0.29, 0.717) is 5.41 Å². The van der Waals surface area contributed by atoms with Crippen LogP contribution in [0, 0.1) is 9.49 Å². The van der Waals surface area contributed by atoms with E-state index in [4.69, 9.17) is 0 Å². The van der Waals surface area contributed by atoms with E-state index < -0.39 is 0 Å². The van der Waals surface area contributed by atoms with Crippen molar-refractivity contribution in [2.75, 3.05) is 0 Å². The zero-order chi connectivity index (χ0) is 12.2. The van der Waals surface area contributed by atoms with E-state index in [9.17, 15) is 0 Å². The highest BCUT2D eigenvalue weighted by molar-refractivity contribution is 14.1. The first-order chi connectivity index (χ1) is 8.00. The van der Waals surface area contributed by atoms with Crippen LogP contribution in [0.25, 0.3) is 0 Å². The number of halogens is 2. The second kappa shape index (κ2) is 4.22. The van der Waals surface area contributed by atoms with E-state index in [1.54, 1.807) is 14.7 Å².